The highest BCUT2D eigenvalue weighted by Gasteiger charge is 2.12. The first-order chi connectivity index (χ1) is 16.1. The average molecular weight is 445 g/mol. The molecule has 0 bridgehead atoms. The first kappa shape index (κ1) is 24.6. The standard InChI is InChI=1S/C30H36O3/c1-4-6-7-10-22-32-27-20-18-26(19-21-27)29-13-9-8-12-28(29)25-16-14-24(15-17-25)23(3)33-30(31)11-5-2/h8-9,12-21,23H,4-7,10-11,22H2,1-3H3. The summed E-state index contributed by atoms with van der Waals surface area (Å²) >= 11 is 0. The van der Waals surface area contributed by atoms with Gasteiger partial charge in [0.15, 0.2) is 0 Å². The molecule has 33 heavy (non-hydrogen) atoms. The van der Waals surface area contributed by atoms with Crippen molar-refractivity contribution in [1.29, 1.82) is 0 Å². The molecule has 1 atom stereocenters. The van der Waals surface area contributed by atoms with Crippen molar-refractivity contribution in [3.05, 3.63) is 78.4 Å². The van der Waals surface area contributed by atoms with Crippen LogP contribution in [-0.2, 0) is 9.53 Å². The predicted molar refractivity (Wildman–Crippen MR) is 136 cm³/mol. The number of esters is 1. The van der Waals surface area contributed by atoms with Gasteiger partial charge in [0, 0.05) is 6.42 Å². The second kappa shape index (κ2) is 12.8. The Hall–Kier alpha value is -3.07. The van der Waals surface area contributed by atoms with Crippen LogP contribution in [0.5, 0.6) is 5.75 Å². The van der Waals surface area contributed by atoms with E-state index >= 15 is 0 Å². The van der Waals surface area contributed by atoms with Crippen molar-refractivity contribution in [2.45, 2.75) is 65.4 Å². The van der Waals surface area contributed by atoms with Crippen LogP contribution in [0.25, 0.3) is 22.3 Å². The molecule has 0 fully saturated rings. The van der Waals surface area contributed by atoms with Crippen molar-refractivity contribution < 1.29 is 14.3 Å². The molecule has 0 aromatic heterocycles. The summed E-state index contributed by atoms with van der Waals surface area (Å²) in [6, 6.07) is 25.1. The zero-order chi connectivity index (χ0) is 23.5. The Balaban J connectivity index is 1.71. The van der Waals surface area contributed by atoms with Gasteiger partial charge in [0.2, 0.25) is 0 Å². The molecule has 0 aliphatic rings. The fourth-order valence-electron chi connectivity index (χ4n) is 3.90. The van der Waals surface area contributed by atoms with E-state index in [0.29, 0.717) is 6.42 Å². The Kier molecular flexibility index (Phi) is 9.56. The summed E-state index contributed by atoms with van der Waals surface area (Å²) in [5, 5.41) is 0. The zero-order valence-electron chi connectivity index (χ0n) is 20.2. The molecule has 3 nitrogen and oxygen atoms in total. The highest BCUT2D eigenvalue weighted by Crippen LogP contribution is 2.33. The van der Waals surface area contributed by atoms with Crippen LogP contribution in [-0.4, -0.2) is 12.6 Å². The number of rotatable bonds is 12. The topological polar surface area (TPSA) is 35.5 Å². The van der Waals surface area contributed by atoms with E-state index in [9.17, 15) is 4.79 Å². The van der Waals surface area contributed by atoms with Gasteiger partial charge in [-0.05, 0) is 59.7 Å². The minimum atomic E-state index is -0.247. The first-order valence-electron chi connectivity index (χ1n) is 12.2. The maximum atomic E-state index is 11.8. The van der Waals surface area contributed by atoms with Crippen molar-refractivity contribution in [2.24, 2.45) is 0 Å². The minimum Gasteiger partial charge on any atom is -0.494 e. The second-order valence-electron chi connectivity index (χ2n) is 8.48. The minimum absolute atomic E-state index is 0.146. The molecule has 3 rings (SSSR count). The molecule has 0 saturated carbocycles. The van der Waals surface area contributed by atoms with Gasteiger partial charge in [-0.15, -0.1) is 0 Å². The van der Waals surface area contributed by atoms with E-state index < -0.39 is 0 Å². The number of hydrogen-bond donors (Lipinski definition) is 0. The molecule has 174 valence electrons. The van der Waals surface area contributed by atoms with Crippen LogP contribution in [0.2, 0.25) is 0 Å². The summed E-state index contributed by atoms with van der Waals surface area (Å²) in [5.74, 6) is 0.775. The van der Waals surface area contributed by atoms with E-state index in [0.717, 1.165) is 41.9 Å². The van der Waals surface area contributed by atoms with Crippen molar-refractivity contribution in [1.82, 2.24) is 0 Å². The van der Waals surface area contributed by atoms with E-state index in [1.807, 2.05) is 26.0 Å². The lowest BCUT2D eigenvalue weighted by atomic mass is 9.94. The molecular weight excluding hydrogens is 408 g/mol. The largest absolute Gasteiger partial charge is 0.494 e. The van der Waals surface area contributed by atoms with Gasteiger partial charge in [-0.3, -0.25) is 4.79 Å². The lowest BCUT2D eigenvalue weighted by Crippen LogP contribution is -2.08. The Morgan fingerprint density at radius 2 is 1.36 bits per heavy atom. The molecule has 0 heterocycles. The van der Waals surface area contributed by atoms with Gasteiger partial charge in [0.25, 0.3) is 0 Å². The van der Waals surface area contributed by atoms with E-state index in [1.54, 1.807) is 0 Å². The lowest BCUT2D eigenvalue weighted by molar-refractivity contribution is -0.148. The monoisotopic (exact) mass is 444 g/mol. The summed E-state index contributed by atoms with van der Waals surface area (Å²) in [5.41, 5.74) is 5.66. The van der Waals surface area contributed by atoms with Gasteiger partial charge in [0.1, 0.15) is 11.9 Å². The van der Waals surface area contributed by atoms with Crippen LogP contribution >= 0.6 is 0 Å². The predicted octanol–water partition coefficient (Wildman–Crippen LogP) is 8.38. The molecule has 0 aliphatic carbocycles. The molecule has 0 aliphatic heterocycles. The Labute approximate surface area is 198 Å². The van der Waals surface area contributed by atoms with Gasteiger partial charge in [0.05, 0.1) is 6.61 Å². The van der Waals surface area contributed by atoms with Crippen LogP contribution in [0.15, 0.2) is 72.8 Å². The summed E-state index contributed by atoms with van der Waals surface area (Å²) < 4.78 is 11.4. The van der Waals surface area contributed by atoms with Crippen molar-refractivity contribution in [3.8, 4) is 28.0 Å². The van der Waals surface area contributed by atoms with Crippen LogP contribution in [0.1, 0.15) is 71.0 Å². The normalized spacial score (nSPS) is 11.7. The molecular formula is C30H36O3. The third-order valence-corrected chi connectivity index (χ3v) is 5.81. The lowest BCUT2D eigenvalue weighted by Gasteiger charge is -2.15. The fraction of sp³-hybridized carbons (Fsp3) is 0.367. The highest BCUT2D eigenvalue weighted by molar-refractivity contribution is 5.83. The molecule has 0 radical (unpaired) electrons. The van der Waals surface area contributed by atoms with Crippen molar-refractivity contribution >= 4 is 5.97 Å². The van der Waals surface area contributed by atoms with Crippen LogP contribution in [0.4, 0.5) is 0 Å². The van der Waals surface area contributed by atoms with Gasteiger partial charge < -0.3 is 9.47 Å². The first-order valence-corrected chi connectivity index (χ1v) is 12.2. The van der Waals surface area contributed by atoms with E-state index in [2.05, 4.69) is 67.6 Å². The van der Waals surface area contributed by atoms with E-state index in [1.165, 1.54) is 30.4 Å². The van der Waals surface area contributed by atoms with Crippen molar-refractivity contribution in [3.63, 3.8) is 0 Å². The molecule has 0 N–H and O–H groups in total. The molecule has 1 unspecified atom stereocenters. The molecule has 3 heteroatoms. The van der Waals surface area contributed by atoms with Gasteiger partial charge in [-0.2, -0.15) is 0 Å². The van der Waals surface area contributed by atoms with Crippen molar-refractivity contribution in [2.75, 3.05) is 6.61 Å². The second-order valence-corrected chi connectivity index (χ2v) is 8.48. The Morgan fingerprint density at radius 1 is 0.758 bits per heavy atom. The maximum Gasteiger partial charge on any atom is 0.306 e. The van der Waals surface area contributed by atoms with E-state index in [4.69, 9.17) is 9.47 Å². The zero-order valence-corrected chi connectivity index (χ0v) is 20.2. The maximum absolute atomic E-state index is 11.8. The Morgan fingerprint density at radius 3 is 1.94 bits per heavy atom. The SMILES string of the molecule is CCCCCCOc1ccc(-c2ccccc2-c2ccc(C(C)OC(=O)CCC)cc2)cc1. The Bertz CT molecular complexity index is 990. The summed E-state index contributed by atoms with van der Waals surface area (Å²) in [6.07, 6.45) is 5.84. The molecule has 3 aromatic carbocycles. The third kappa shape index (κ3) is 7.21. The summed E-state index contributed by atoms with van der Waals surface area (Å²) in [4.78, 5) is 11.8. The number of carbonyl (C=O) groups excluding carboxylic acids is 1. The highest BCUT2D eigenvalue weighted by atomic mass is 16.5. The molecule has 0 amide bonds. The number of carbonyl (C=O) groups is 1. The third-order valence-electron chi connectivity index (χ3n) is 5.81. The number of unbranched alkanes of at least 4 members (excludes halogenated alkanes) is 3. The number of hydrogen-bond acceptors (Lipinski definition) is 3. The van der Waals surface area contributed by atoms with Crippen LogP contribution < -0.4 is 4.74 Å². The fourth-order valence-corrected chi connectivity index (χ4v) is 3.90. The molecule has 0 saturated heterocycles. The summed E-state index contributed by atoms with van der Waals surface area (Å²) in [7, 11) is 0. The quantitative estimate of drug-likeness (QED) is 0.208. The van der Waals surface area contributed by atoms with E-state index in [-0.39, 0.29) is 12.1 Å². The summed E-state index contributed by atoms with van der Waals surface area (Å²) in [6.45, 7) is 6.89. The average Bonchev–Trinajstić information content (AvgIpc) is 2.84. The molecule has 3 aromatic rings. The van der Waals surface area contributed by atoms with Gasteiger partial charge >= 0.3 is 5.97 Å². The number of benzene rings is 3. The molecule has 0 spiro atoms. The van der Waals surface area contributed by atoms with Crippen LogP contribution in [0.3, 0.4) is 0 Å². The van der Waals surface area contributed by atoms with Gasteiger partial charge in [-0.25, -0.2) is 0 Å². The smallest absolute Gasteiger partial charge is 0.306 e. The van der Waals surface area contributed by atoms with Gasteiger partial charge in [-0.1, -0.05) is 93.8 Å². The number of ether oxygens (including phenoxy) is 2. The van der Waals surface area contributed by atoms with Crippen LogP contribution in [0, 0.1) is 0 Å².